The summed E-state index contributed by atoms with van der Waals surface area (Å²) in [6, 6.07) is -0.773. The molecule has 0 atom stereocenters. The summed E-state index contributed by atoms with van der Waals surface area (Å²) in [4.78, 5) is 44.9. The lowest BCUT2D eigenvalue weighted by Gasteiger charge is -2.11. The Labute approximate surface area is 104 Å². The van der Waals surface area contributed by atoms with E-state index in [-0.39, 0.29) is 31.7 Å². The molecule has 8 nitrogen and oxygen atoms in total. The molecule has 3 N–H and O–H groups in total. The number of nitrogens with one attached hydrogen (secondary N) is 2. The van der Waals surface area contributed by atoms with Gasteiger partial charge in [-0.1, -0.05) is 0 Å². The van der Waals surface area contributed by atoms with Gasteiger partial charge in [0.05, 0.1) is 6.54 Å². The molecule has 4 amide bonds. The van der Waals surface area contributed by atoms with Gasteiger partial charge in [-0.05, 0) is 6.42 Å². The van der Waals surface area contributed by atoms with Crippen LogP contribution in [0, 0.1) is 0 Å². The van der Waals surface area contributed by atoms with Crippen LogP contribution in [0.15, 0.2) is 0 Å². The molecule has 0 aromatic rings. The van der Waals surface area contributed by atoms with Crippen molar-refractivity contribution in [1.29, 1.82) is 0 Å². The Kier molecular flexibility index (Phi) is 7.10. The number of rotatable bonds is 6. The van der Waals surface area contributed by atoms with Crippen molar-refractivity contribution in [3.63, 3.8) is 0 Å². The van der Waals surface area contributed by atoms with E-state index < -0.39 is 17.9 Å². The normalized spacial score (nSPS) is 9.44. The molecule has 8 heteroatoms. The first-order chi connectivity index (χ1) is 8.32. The molecule has 0 saturated carbocycles. The largest absolute Gasteiger partial charge is 0.481 e. The standard InChI is InChI=1S/C10H17N3O5/c1-13(2)8(15)6-11-10(18)12-7(14)4-3-5-9(16)17/h3-6H2,1-2H3,(H,16,17)(H2,11,12,14,18). The van der Waals surface area contributed by atoms with Gasteiger partial charge in [0.2, 0.25) is 11.8 Å². The van der Waals surface area contributed by atoms with Gasteiger partial charge in [0, 0.05) is 26.9 Å². The molecule has 102 valence electrons. The summed E-state index contributed by atoms with van der Waals surface area (Å²) in [7, 11) is 3.08. The van der Waals surface area contributed by atoms with Crippen molar-refractivity contribution in [2.24, 2.45) is 0 Å². The van der Waals surface area contributed by atoms with Gasteiger partial charge in [-0.3, -0.25) is 19.7 Å². The first kappa shape index (κ1) is 15.9. The number of aliphatic carboxylic acids is 1. The fourth-order valence-corrected chi connectivity index (χ4v) is 0.947. The number of imide groups is 1. The van der Waals surface area contributed by atoms with E-state index in [0.29, 0.717) is 0 Å². The van der Waals surface area contributed by atoms with E-state index in [2.05, 4.69) is 5.32 Å². The van der Waals surface area contributed by atoms with Crippen LogP contribution in [-0.2, 0) is 14.4 Å². The van der Waals surface area contributed by atoms with E-state index in [4.69, 9.17) is 5.11 Å². The maximum absolute atomic E-state index is 11.2. The molecule has 0 unspecified atom stereocenters. The number of amides is 4. The predicted octanol–water partition coefficient (Wildman–Crippen LogP) is -0.845. The Balaban J connectivity index is 3.77. The second kappa shape index (κ2) is 8.04. The average Bonchev–Trinajstić information content (AvgIpc) is 2.24. The number of nitrogens with zero attached hydrogens (tertiary/aromatic N) is 1. The van der Waals surface area contributed by atoms with E-state index >= 15 is 0 Å². The smallest absolute Gasteiger partial charge is 0.321 e. The first-order valence-corrected chi connectivity index (χ1v) is 5.32. The first-order valence-electron chi connectivity index (χ1n) is 5.32. The Bertz CT molecular complexity index is 340. The summed E-state index contributed by atoms with van der Waals surface area (Å²) >= 11 is 0. The molecule has 0 aliphatic rings. The van der Waals surface area contributed by atoms with Crippen molar-refractivity contribution < 1.29 is 24.3 Å². The van der Waals surface area contributed by atoms with Gasteiger partial charge in [-0.15, -0.1) is 0 Å². The van der Waals surface area contributed by atoms with Gasteiger partial charge in [0.1, 0.15) is 0 Å². The minimum Gasteiger partial charge on any atom is -0.481 e. The van der Waals surface area contributed by atoms with Crippen molar-refractivity contribution >= 4 is 23.8 Å². The van der Waals surface area contributed by atoms with Crippen LogP contribution in [0.1, 0.15) is 19.3 Å². The summed E-state index contributed by atoms with van der Waals surface area (Å²) in [6.07, 6.45) is -0.0272. The van der Waals surface area contributed by atoms with E-state index in [1.165, 1.54) is 4.90 Å². The van der Waals surface area contributed by atoms with Gasteiger partial charge < -0.3 is 15.3 Å². The molecule has 0 aliphatic carbocycles. The van der Waals surface area contributed by atoms with Crippen molar-refractivity contribution in [3.05, 3.63) is 0 Å². The van der Waals surface area contributed by atoms with Crippen molar-refractivity contribution in [1.82, 2.24) is 15.5 Å². The third-order valence-electron chi connectivity index (χ3n) is 1.95. The molecule has 0 aromatic carbocycles. The highest BCUT2D eigenvalue weighted by molar-refractivity contribution is 5.95. The highest BCUT2D eigenvalue weighted by Crippen LogP contribution is 1.94. The molecule has 0 radical (unpaired) electrons. The fourth-order valence-electron chi connectivity index (χ4n) is 0.947. The Morgan fingerprint density at radius 2 is 1.72 bits per heavy atom. The number of likely N-dealkylation sites (N-methyl/N-ethyl adjacent to an activating group) is 1. The number of hydrogen-bond acceptors (Lipinski definition) is 4. The quantitative estimate of drug-likeness (QED) is 0.575. The Hall–Kier alpha value is -2.12. The molecule has 0 fully saturated rings. The van der Waals surface area contributed by atoms with Crippen molar-refractivity contribution in [3.8, 4) is 0 Å². The number of urea groups is 1. The highest BCUT2D eigenvalue weighted by atomic mass is 16.4. The maximum atomic E-state index is 11.2. The molecule has 0 bridgehead atoms. The molecular formula is C10H17N3O5. The molecule has 0 saturated heterocycles. The molecule has 0 heterocycles. The fraction of sp³-hybridized carbons (Fsp3) is 0.600. The summed E-state index contributed by atoms with van der Waals surface area (Å²) < 4.78 is 0. The second-order valence-electron chi connectivity index (χ2n) is 3.77. The Morgan fingerprint density at radius 3 is 2.22 bits per heavy atom. The summed E-state index contributed by atoms with van der Waals surface area (Å²) in [6.45, 7) is -0.207. The van der Waals surface area contributed by atoms with Gasteiger partial charge >= 0.3 is 12.0 Å². The zero-order valence-electron chi connectivity index (χ0n) is 10.4. The summed E-state index contributed by atoms with van der Waals surface area (Å²) in [5, 5.41) is 12.6. The SMILES string of the molecule is CN(C)C(=O)CNC(=O)NC(=O)CCCC(=O)O. The molecular weight excluding hydrogens is 242 g/mol. The van der Waals surface area contributed by atoms with E-state index in [9.17, 15) is 19.2 Å². The molecule has 0 rings (SSSR count). The molecule has 0 aliphatic heterocycles. The Morgan fingerprint density at radius 1 is 1.11 bits per heavy atom. The van der Waals surface area contributed by atoms with Crippen LogP contribution < -0.4 is 10.6 Å². The van der Waals surface area contributed by atoms with Gasteiger partial charge in [0.25, 0.3) is 0 Å². The van der Waals surface area contributed by atoms with Crippen LogP contribution in [0.5, 0.6) is 0 Å². The topological polar surface area (TPSA) is 116 Å². The lowest BCUT2D eigenvalue weighted by atomic mass is 10.2. The van der Waals surface area contributed by atoms with Crippen LogP contribution >= 0.6 is 0 Å². The van der Waals surface area contributed by atoms with Crippen LogP contribution in [0.25, 0.3) is 0 Å². The highest BCUT2D eigenvalue weighted by Gasteiger charge is 2.10. The van der Waals surface area contributed by atoms with Crippen LogP contribution in [0.2, 0.25) is 0 Å². The zero-order valence-corrected chi connectivity index (χ0v) is 10.4. The predicted molar refractivity (Wildman–Crippen MR) is 61.7 cm³/mol. The number of carboxylic acids is 1. The van der Waals surface area contributed by atoms with Crippen LogP contribution in [0.4, 0.5) is 4.79 Å². The number of carbonyl (C=O) groups is 4. The third-order valence-corrected chi connectivity index (χ3v) is 1.95. The molecule has 0 aromatic heterocycles. The maximum Gasteiger partial charge on any atom is 0.321 e. The molecule has 0 spiro atoms. The van der Waals surface area contributed by atoms with E-state index in [1.807, 2.05) is 5.32 Å². The number of hydrogen-bond donors (Lipinski definition) is 3. The molecule has 18 heavy (non-hydrogen) atoms. The van der Waals surface area contributed by atoms with Gasteiger partial charge in [-0.2, -0.15) is 0 Å². The van der Waals surface area contributed by atoms with Crippen molar-refractivity contribution in [2.75, 3.05) is 20.6 Å². The summed E-state index contributed by atoms with van der Waals surface area (Å²) in [5.74, 6) is -1.88. The third kappa shape index (κ3) is 8.08. The van der Waals surface area contributed by atoms with Crippen LogP contribution in [0.3, 0.4) is 0 Å². The number of carboxylic acid groups (broad SMARTS) is 1. The minimum absolute atomic E-state index is 0.0542. The second-order valence-corrected chi connectivity index (χ2v) is 3.77. The summed E-state index contributed by atoms with van der Waals surface area (Å²) in [5.41, 5.74) is 0. The lowest BCUT2D eigenvalue weighted by Crippen LogP contribution is -2.43. The van der Waals surface area contributed by atoms with Crippen molar-refractivity contribution in [2.45, 2.75) is 19.3 Å². The lowest BCUT2D eigenvalue weighted by molar-refractivity contribution is -0.137. The van der Waals surface area contributed by atoms with Gasteiger partial charge in [0.15, 0.2) is 0 Å². The average molecular weight is 259 g/mol. The van der Waals surface area contributed by atoms with Gasteiger partial charge in [-0.25, -0.2) is 4.79 Å². The zero-order chi connectivity index (χ0) is 14.1. The monoisotopic (exact) mass is 259 g/mol. The van der Waals surface area contributed by atoms with E-state index in [1.54, 1.807) is 14.1 Å². The number of carbonyl (C=O) groups excluding carboxylic acids is 3. The minimum atomic E-state index is -0.996. The van der Waals surface area contributed by atoms with E-state index in [0.717, 1.165) is 0 Å². The van der Waals surface area contributed by atoms with Crippen LogP contribution in [-0.4, -0.2) is 54.5 Å².